The predicted octanol–water partition coefficient (Wildman–Crippen LogP) is 4.59. The van der Waals surface area contributed by atoms with Crippen LogP contribution in [0.2, 0.25) is 0 Å². The van der Waals surface area contributed by atoms with Crippen LogP contribution in [0.1, 0.15) is 24.2 Å². The summed E-state index contributed by atoms with van der Waals surface area (Å²) in [5.74, 6) is 0. The summed E-state index contributed by atoms with van der Waals surface area (Å²) in [6, 6.07) is 21.8. The van der Waals surface area contributed by atoms with Crippen LogP contribution in [0.4, 0.5) is 10.5 Å². The fraction of sp³-hybridized carbons (Fsp3) is 0.150. The van der Waals surface area contributed by atoms with Crippen molar-refractivity contribution in [2.75, 3.05) is 5.32 Å². The Morgan fingerprint density at radius 3 is 2.58 bits per heavy atom. The highest BCUT2D eigenvalue weighted by Crippen LogP contribution is 2.32. The number of nitrogens with zero attached hydrogens (tertiary/aromatic N) is 2. The van der Waals surface area contributed by atoms with Gasteiger partial charge < -0.3 is 14.8 Å². The van der Waals surface area contributed by atoms with Crippen molar-refractivity contribution in [3.63, 3.8) is 0 Å². The quantitative estimate of drug-likeness (QED) is 0.700. The zero-order valence-electron chi connectivity index (χ0n) is 13.5. The Bertz CT molecular complexity index is 869. The summed E-state index contributed by atoms with van der Waals surface area (Å²) in [5, 5.41) is 3.00. The fourth-order valence-corrected chi connectivity index (χ4v) is 3.28. The summed E-state index contributed by atoms with van der Waals surface area (Å²) in [6.45, 7) is 2.65. The lowest BCUT2D eigenvalue weighted by molar-refractivity contribution is 0.189. The maximum absolute atomic E-state index is 12.9. The number of urea groups is 1. The van der Waals surface area contributed by atoms with Gasteiger partial charge in [0.1, 0.15) is 0 Å². The van der Waals surface area contributed by atoms with Crippen molar-refractivity contribution in [1.82, 2.24) is 9.47 Å². The predicted molar refractivity (Wildman–Crippen MR) is 95.2 cm³/mol. The summed E-state index contributed by atoms with van der Waals surface area (Å²) in [5.41, 5.74) is 4.20. The Morgan fingerprint density at radius 2 is 1.75 bits per heavy atom. The molecule has 3 aromatic rings. The van der Waals surface area contributed by atoms with E-state index in [1.54, 1.807) is 0 Å². The van der Waals surface area contributed by atoms with E-state index >= 15 is 0 Å². The van der Waals surface area contributed by atoms with Gasteiger partial charge in [-0.1, -0.05) is 36.4 Å². The first-order valence-electron chi connectivity index (χ1n) is 8.12. The molecule has 120 valence electrons. The molecule has 1 aliphatic rings. The van der Waals surface area contributed by atoms with E-state index in [1.165, 1.54) is 0 Å². The maximum atomic E-state index is 12.9. The van der Waals surface area contributed by atoms with E-state index in [0.717, 1.165) is 22.6 Å². The number of hydrogen-bond acceptors (Lipinski definition) is 1. The Hall–Kier alpha value is -3.01. The standard InChI is InChI=1S/C20H19N3O/c1-15-18-12-7-13-22(18)19-11-6-5-8-16(19)14-23(15)20(24)21-17-9-3-2-4-10-17/h2-13,15H,14H2,1H3,(H,21,24). The van der Waals surface area contributed by atoms with Crippen LogP contribution in [-0.2, 0) is 6.54 Å². The molecule has 2 aromatic carbocycles. The SMILES string of the molecule is CC1c2cccn2-c2ccccc2CN1C(=O)Nc1ccccc1. The van der Waals surface area contributed by atoms with Gasteiger partial charge in [0.2, 0.25) is 0 Å². The molecule has 1 N–H and O–H groups in total. The van der Waals surface area contributed by atoms with E-state index in [4.69, 9.17) is 0 Å². The Balaban J connectivity index is 1.71. The van der Waals surface area contributed by atoms with Crippen molar-refractivity contribution in [3.05, 3.63) is 84.2 Å². The zero-order valence-corrected chi connectivity index (χ0v) is 13.5. The molecule has 1 aromatic heterocycles. The van der Waals surface area contributed by atoms with Crippen molar-refractivity contribution in [3.8, 4) is 5.69 Å². The van der Waals surface area contributed by atoms with Crippen molar-refractivity contribution in [2.45, 2.75) is 19.5 Å². The van der Waals surface area contributed by atoms with Gasteiger partial charge in [0.25, 0.3) is 0 Å². The minimum atomic E-state index is -0.0850. The van der Waals surface area contributed by atoms with Gasteiger partial charge in [0.05, 0.1) is 18.3 Å². The number of fused-ring (bicyclic) bond motifs is 3. The topological polar surface area (TPSA) is 37.3 Å². The second kappa shape index (κ2) is 5.89. The number of anilines is 1. The van der Waals surface area contributed by atoms with Gasteiger partial charge in [-0.25, -0.2) is 4.79 Å². The number of amides is 2. The van der Waals surface area contributed by atoms with Crippen LogP contribution in [0, 0.1) is 0 Å². The molecule has 2 amide bonds. The molecule has 0 saturated carbocycles. The molecule has 4 rings (SSSR count). The number of carbonyl (C=O) groups excluding carboxylic acids is 1. The molecule has 0 saturated heterocycles. The highest BCUT2D eigenvalue weighted by atomic mass is 16.2. The summed E-state index contributed by atoms with van der Waals surface area (Å²) >= 11 is 0. The molecule has 2 heterocycles. The molecule has 1 unspecified atom stereocenters. The summed E-state index contributed by atoms with van der Waals surface area (Å²) in [6.07, 6.45) is 2.06. The van der Waals surface area contributed by atoms with Gasteiger partial charge in [-0.3, -0.25) is 0 Å². The average Bonchev–Trinajstić information content (AvgIpc) is 3.06. The number of carbonyl (C=O) groups is 1. The highest BCUT2D eigenvalue weighted by Gasteiger charge is 2.28. The van der Waals surface area contributed by atoms with Gasteiger partial charge in [0, 0.05) is 17.6 Å². The molecule has 4 heteroatoms. The number of para-hydroxylation sites is 2. The molecule has 0 radical (unpaired) electrons. The van der Waals surface area contributed by atoms with Crippen LogP contribution in [0.3, 0.4) is 0 Å². The first-order valence-corrected chi connectivity index (χ1v) is 8.12. The van der Waals surface area contributed by atoms with E-state index in [1.807, 2.05) is 53.4 Å². The lowest BCUT2D eigenvalue weighted by Crippen LogP contribution is -2.36. The molecule has 0 spiro atoms. The molecular formula is C20H19N3O. The number of nitrogens with one attached hydrogen (secondary N) is 1. The number of benzene rings is 2. The first kappa shape index (κ1) is 14.6. The lowest BCUT2D eigenvalue weighted by atomic mass is 10.1. The summed E-state index contributed by atoms with van der Waals surface area (Å²) < 4.78 is 2.18. The molecule has 1 aliphatic heterocycles. The minimum Gasteiger partial charge on any atom is -0.318 e. The fourth-order valence-electron chi connectivity index (χ4n) is 3.28. The van der Waals surface area contributed by atoms with Crippen molar-refractivity contribution >= 4 is 11.7 Å². The minimum absolute atomic E-state index is 0.0175. The van der Waals surface area contributed by atoms with Crippen LogP contribution >= 0.6 is 0 Å². The van der Waals surface area contributed by atoms with Crippen molar-refractivity contribution in [2.24, 2.45) is 0 Å². The van der Waals surface area contributed by atoms with Crippen LogP contribution in [0.5, 0.6) is 0 Å². The van der Waals surface area contributed by atoms with Crippen LogP contribution in [-0.4, -0.2) is 15.5 Å². The summed E-state index contributed by atoms with van der Waals surface area (Å²) in [4.78, 5) is 14.8. The Morgan fingerprint density at radius 1 is 1.00 bits per heavy atom. The number of aromatic nitrogens is 1. The van der Waals surface area contributed by atoms with E-state index in [-0.39, 0.29) is 12.1 Å². The average molecular weight is 317 g/mol. The molecule has 4 nitrogen and oxygen atoms in total. The van der Waals surface area contributed by atoms with Gasteiger partial charge >= 0.3 is 6.03 Å². The molecule has 24 heavy (non-hydrogen) atoms. The monoisotopic (exact) mass is 317 g/mol. The lowest BCUT2D eigenvalue weighted by Gasteiger charge is -2.27. The molecule has 0 fully saturated rings. The zero-order chi connectivity index (χ0) is 16.5. The van der Waals surface area contributed by atoms with Crippen LogP contribution < -0.4 is 5.32 Å². The normalized spacial score (nSPS) is 16.0. The van der Waals surface area contributed by atoms with Crippen molar-refractivity contribution in [1.29, 1.82) is 0 Å². The van der Waals surface area contributed by atoms with Gasteiger partial charge in [0.15, 0.2) is 0 Å². The molecule has 1 atom stereocenters. The van der Waals surface area contributed by atoms with E-state index < -0.39 is 0 Å². The first-order chi connectivity index (χ1) is 11.7. The van der Waals surface area contributed by atoms with Crippen molar-refractivity contribution < 1.29 is 4.79 Å². The third-order valence-electron chi connectivity index (χ3n) is 4.55. The van der Waals surface area contributed by atoms with E-state index in [2.05, 4.69) is 41.2 Å². The molecule has 0 aliphatic carbocycles. The van der Waals surface area contributed by atoms with Crippen LogP contribution in [0.15, 0.2) is 72.9 Å². The maximum Gasteiger partial charge on any atom is 0.322 e. The number of rotatable bonds is 1. The van der Waals surface area contributed by atoms with Crippen LogP contribution in [0.25, 0.3) is 5.69 Å². The molecular weight excluding hydrogens is 298 g/mol. The Labute approximate surface area is 141 Å². The van der Waals surface area contributed by atoms with Gasteiger partial charge in [-0.05, 0) is 42.8 Å². The third kappa shape index (κ3) is 2.46. The third-order valence-corrected chi connectivity index (χ3v) is 4.55. The van der Waals surface area contributed by atoms with Gasteiger partial charge in [-0.2, -0.15) is 0 Å². The van der Waals surface area contributed by atoms with E-state index in [9.17, 15) is 4.79 Å². The smallest absolute Gasteiger partial charge is 0.318 e. The van der Waals surface area contributed by atoms with E-state index in [0.29, 0.717) is 6.54 Å². The highest BCUT2D eigenvalue weighted by molar-refractivity contribution is 5.89. The second-order valence-electron chi connectivity index (χ2n) is 6.03. The second-order valence-corrected chi connectivity index (χ2v) is 6.03. The van der Waals surface area contributed by atoms with Gasteiger partial charge in [-0.15, -0.1) is 0 Å². The Kier molecular flexibility index (Phi) is 3.58. The summed E-state index contributed by atoms with van der Waals surface area (Å²) in [7, 11) is 0. The molecule has 0 bridgehead atoms. The largest absolute Gasteiger partial charge is 0.322 e. The number of hydrogen-bond donors (Lipinski definition) is 1.